The maximum absolute atomic E-state index is 12.7. The lowest BCUT2D eigenvalue weighted by Crippen LogP contribution is -2.20. The SMILES string of the molecule is NC(=O)COc1cccc([C@@H]2CC(=O)Nc3cccc4c3c2cn4Cc2ccccc2)c1. The zero-order valence-corrected chi connectivity index (χ0v) is 17.5. The summed E-state index contributed by atoms with van der Waals surface area (Å²) in [6.07, 6.45) is 2.47. The molecule has 1 atom stereocenters. The van der Waals surface area contributed by atoms with Gasteiger partial charge >= 0.3 is 0 Å². The molecule has 1 aliphatic heterocycles. The van der Waals surface area contributed by atoms with Crippen molar-refractivity contribution in [3.05, 3.63) is 95.7 Å². The van der Waals surface area contributed by atoms with Crippen LogP contribution in [0.15, 0.2) is 79.0 Å². The Bertz CT molecular complexity index is 1310. The smallest absolute Gasteiger partial charge is 0.255 e. The summed E-state index contributed by atoms with van der Waals surface area (Å²) in [7, 11) is 0. The van der Waals surface area contributed by atoms with E-state index in [0.717, 1.165) is 34.3 Å². The number of hydrogen-bond acceptors (Lipinski definition) is 3. The molecule has 32 heavy (non-hydrogen) atoms. The maximum atomic E-state index is 12.7. The fourth-order valence-corrected chi connectivity index (χ4v) is 4.43. The molecule has 0 saturated carbocycles. The van der Waals surface area contributed by atoms with Crippen LogP contribution in [0, 0.1) is 0 Å². The van der Waals surface area contributed by atoms with Crippen LogP contribution in [0.1, 0.15) is 29.0 Å². The summed E-state index contributed by atoms with van der Waals surface area (Å²) in [6.45, 7) is 0.554. The zero-order chi connectivity index (χ0) is 22.1. The van der Waals surface area contributed by atoms with Crippen molar-refractivity contribution in [2.45, 2.75) is 18.9 Å². The summed E-state index contributed by atoms with van der Waals surface area (Å²) in [4.78, 5) is 23.8. The van der Waals surface area contributed by atoms with Gasteiger partial charge in [0, 0.05) is 30.5 Å². The number of rotatable bonds is 6. The van der Waals surface area contributed by atoms with E-state index in [4.69, 9.17) is 10.5 Å². The Hall–Kier alpha value is -4.06. The molecule has 6 heteroatoms. The van der Waals surface area contributed by atoms with E-state index < -0.39 is 5.91 Å². The lowest BCUT2D eigenvalue weighted by molar-refractivity contribution is -0.120. The van der Waals surface area contributed by atoms with E-state index >= 15 is 0 Å². The highest BCUT2D eigenvalue weighted by molar-refractivity contribution is 6.06. The number of nitrogens with one attached hydrogen (secondary N) is 1. The van der Waals surface area contributed by atoms with Crippen LogP contribution in [0.25, 0.3) is 10.9 Å². The highest BCUT2D eigenvalue weighted by atomic mass is 16.5. The predicted molar refractivity (Wildman–Crippen MR) is 124 cm³/mol. The van der Waals surface area contributed by atoms with Crippen molar-refractivity contribution in [1.82, 2.24) is 4.57 Å². The number of aromatic nitrogens is 1. The second kappa shape index (κ2) is 8.23. The quantitative estimate of drug-likeness (QED) is 0.489. The van der Waals surface area contributed by atoms with Crippen LogP contribution in [0.3, 0.4) is 0 Å². The molecule has 1 aliphatic rings. The van der Waals surface area contributed by atoms with Crippen LogP contribution in [0.2, 0.25) is 0 Å². The van der Waals surface area contributed by atoms with E-state index in [1.165, 1.54) is 5.56 Å². The van der Waals surface area contributed by atoms with Crippen molar-refractivity contribution >= 4 is 28.4 Å². The van der Waals surface area contributed by atoms with Gasteiger partial charge in [0.05, 0.1) is 11.2 Å². The Morgan fingerprint density at radius 2 is 1.88 bits per heavy atom. The summed E-state index contributed by atoms with van der Waals surface area (Å²) in [5.41, 5.74) is 10.4. The van der Waals surface area contributed by atoms with Crippen LogP contribution < -0.4 is 15.8 Å². The van der Waals surface area contributed by atoms with Gasteiger partial charge in [0.1, 0.15) is 5.75 Å². The van der Waals surface area contributed by atoms with Crippen LogP contribution in [0.5, 0.6) is 5.75 Å². The van der Waals surface area contributed by atoms with E-state index in [-0.39, 0.29) is 18.4 Å². The number of carbonyl (C=O) groups is 2. The summed E-state index contributed by atoms with van der Waals surface area (Å²) in [6, 6.07) is 23.9. The average molecular weight is 425 g/mol. The molecule has 4 aromatic rings. The van der Waals surface area contributed by atoms with Crippen molar-refractivity contribution < 1.29 is 14.3 Å². The summed E-state index contributed by atoms with van der Waals surface area (Å²) < 4.78 is 7.74. The standard InChI is InChI=1S/C26H23N3O3/c27-24(30)16-32-19-9-4-8-18(12-19)20-13-25(31)28-22-10-5-11-23-26(22)21(20)15-29(23)14-17-6-2-1-3-7-17/h1-12,15,20H,13-14,16H2,(H2,27,30)(H,28,31)/t20-/m0/s1. The maximum Gasteiger partial charge on any atom is 0.255 e. The molecule has 160 valence electrons. The van der Waals surface area contributed by atoms with Crippen molar-refractivity contribution in [1.29, 1.82) is 0 Å². The highest BCUT2D eigenvalue weighted by Crippen LogP contribution is 2.41. The van der Waals surface area contributed by atoms with Gasteiger partial charge in [0.25, 0.3) is 5.91 Å². The lowest BCUT2D eigenvalue weighted by Gasteiger charge is -2.16. The second-order valence-electron chi connectivity index (χ2n) is 8.03. The number of hydrogen-bond donors (Lipinski definition) is 2. The molecular weight excluding hydrogens is 402 g/mol. The van der Waals surface area contributed by atoms with Gasteiger partial charge in [-0.05, 0) is 41.0 Å². The van der Waals surface area contributed by atoms with Crippen molar-refractivity contribution in [2.24, 2.45) is 5.73 Å². The molecule has 3 N–H and O–H groups in total. The van der Waals surface area contributed by atoms with E-state index in [1.807, 2.05) is 48.5 Å². The Kier molecular flexibility index (Phi) is 5.11. The summed E-state index contributed by atoms with van der Waals surface area (Å²) in [5.74, 6) is -0.149. The first-order valence-corrected chi connectivity index (χ1v) is 10.5. The monoisotopic (exact) mass is 425 g/mol. The van der Waals surface area contributed by atoms with Gasteiger partial charge < -0.3 is 20.4 Å². The van der Waals surface area contributed by atoms with Crippen LogP contribution in [0.4, 0.5) is 5.69 Å². The number of amides is 2. The summed E-state index contributed by atoms with van der Waals surface area (Å²) >= 11 is 0. The fraction of sp³-hybridized carbons (Fsp3) is 0.154. The number of nitrogens with zero attached hydrogens (tertiary/aromatic N) is 1. The first-order chi connectivity index (χ1) is 15.6. The average Bonchev–Trinajstić information content (AvgIpc) is 3.08. The third kappa shape index (κ3) is 3.83. The van der Waals surface area contributed by atoms with E-state index in [0.29, 0.717) is 12.2 Å². The van der Waals surface area contributed by atoms with Crippen LogP contribution in [-0.2, 0) is 16.1 Å². The first kappa shape index (κ1) is 19.9. The van der Waals surface area contributed by atoms with Gasteiger partial charge in [-0.1, -0.05) is 48.5 Å². The van der Waals surface area contributed by atoms with E-state index in [9.17, 15) is 9.59 Å². The Morgan fingerprint density at radius 3 is 2.69 bits per heavy atom. The van der Waals surface area contributed by atoms with E-state index in [1.54, 1.807) is 6.07 Å². The molecule has 5 rings (SSSR count). The molecule has 2 amide bonds. The van der Waals surface area contributed by atoms with Gasteiger partial charge in [0.2, 0.25) is 5.91 Å². The largest absolute Gasteiger partial charge is 0.484 e. The molecule has 0 unspecified atom stereocenters. The van der Waals surface area contributed by atoms with Gasteiger partial charge in [-0.2, -0.15) is 0 Å². The molecular formula is C26H23N3O3. The number of anilines is 1. The van der Waals surface area contributed by atoms with Crippen molar-refractivity contribution in [3.8, 4) is 5.75 Å². The lowest BCUT2D eigenvalue weighted by atomic mass is 9.88. The second-order valence-corrected chi connectivity index (χ2v) is 8.03. The molecule has 3 aromatic carbocycles. The zero-order valence-electron chi connectivity index (χ0n) is 17.5. The first-order valence-electron chi connectivity index (χ1n) is 10.5. The number of nitrogens with two attached hydrogens (primary N) is 1. The molecule has 0 saturated heterocycles. The summed E-state index contributed by atoms with van der Waals surface area (Å²) in [5, 5.41) is 4.13. The van der Waals surface area contributed by atoms with Crippen LogP contribution >= 0.6 is 0 Å². The molecule has 2 heterocycles. The molecule has 6 nitrogen and oxygen atoms in total. The molecule has 0 radical (unpaired) electrons. The highest BCUT2D eigenvalue weighted by Gasteiger charge is 2.28. The Labute approximate surface area is 185 Å². The van der Waals surface area contributed by atoms with Gasteiger partial charge in [-0.25, -0.2) is 0 Å². The topological polar surface area (TPSA) is 86.4 Å². The number of carbonyl (C=O) groups excluding carboxylic acids is 2. The molecule has 1 aromatic heterocycles. The number of ether oxygens (including phenoxy) is 1. The van der Waals surface area contributed by atoms with Gasteiger partial charge in [0.15, 0.2) is 6.61 Å². The minimum absolute atomic E-state index is 0.0308. The third-order valence-corrected chi connectivity index (χ3v) is 5.81. The Morgan fingerprint density at radius 1 is 1.06 bits per heavy atom. The normalized spacial score (nSPS) is 15.2. The predicted octanol–water partition coefficient (Wildman–Crippen LogP) is 4.03. The third-order valence-electron chi connectivity index (χ3n) is 5.81. The van der Waals surface area contributed by atoms with E-state index in [2.05, 4.69) is 34.3 Å². The van der Waals surface area contributed by atoms with Crippen molar-refractivity contribution in [2.75, 3.05) is 11.9 Å². The van der Waals surface area contributed by atoms with Gasteiger partial charge in [-0.15, -0.1) is 0 Å². The minimum Gasteiger partial charge on any atom is -0.484 e. The number of primary amides is 1. The molecule has 0 spiro atoms. The molecule has 0 bridgehead atoms. The van der Waals surface area contributed by atoms with Crippen LogP contribution in [-0.4, -0.2) is 23.0 Å². The Balaban J connectivity index is 1.61. The number of benzene rings is 3. The van der Waals surface area contributed by atoms with Crippen molar-refractivity contribution in [3.63, 3.8) is 0 Å². The molecule has 0 fully saturated rings. The molecule has 0 aliphatic carbocycles. The fourth-order valence-electron chi connectivity index (χ4n) is 4.43. The van der Waals surface area contributed by atoms with Gasteiger partial charge in [-0.3, -0.25) is 9.59 Å². The minimum atomic E-state index is -0.530.